The number of nitrogens with two attached hydrogens (primary N) is 1. The summed E-state index contributed by atoms with van der Waals surface area (Å²) in [6.07, 6.45) is 0. The Kier molecular flexibility index (Phi) is 6.39. The molecular weight excluding hydrogens is 395 g/mol. The monoisotopic (exact) mass is 408 g/mol. The Bertz CT molecular complexity index is 987. The number of hydrogen-bond donors (Lipinski definition) is 3. The first kappa shape index (κ1) is 20.2. The van der Waals surface area contributed by atoms with Crippen molar-refractivity contribution in [3.05, 3.63) is 44.2 Å². The topological polar surface area (TPSA) is 146 Å². The van der Waals surface area contributed by atoms with Crippen LogP contribution in [0.5, 0.6) is 11.6 Å². The first-order valence-corrected chi connectivity index (χ1v) is 8.28. The minimum atomic E-state index is -0.979. The van der Waals surface area contributed by atoms with Gasteiger partial charge in [-0.25, -0.2) is 5.10 Å². The Balaban J connectivity index is 2.30. The zero-order valence-corrected chi connectivity index (χ0v) is 15.7. The fraction of sp³-hybridized carbons (Fsp3) is 0.188. The summed E-state index contributed by atoms with van der Waals surface area (Å²) in [4.78, 5) is 22.7. The minimum absolute atomic E-state index is 0.0333. The number of rotatable bonds is 6. The highest BCUT2D eigenvalue weighted by atomic mass is 35.5. The van der Waals surface area contributed by atoms with Crippen LogP contribution in [0.2, 0.25) is 10.0 Å². The molecule has 1 amide bonds. The minimum Gasteiger partial charge on any atom is -0.434 e. The van der Waals surface area contributed by atoms with E-state index in [4.69, 9.17) is 38.9 Å². The molecule has 27 heavy (non-hydrogen) atoms. The maximum absolute atomic E-state index is 11.7. The number of nitrogens with zero attached hydrogens (tertiary/aromatic N) is 3. The third-order valence-electron chi connectivity index (χ3n) is 3.27. The fourth-order valence-corrected chi connectivity index (χ4v) is 2.53. The van der Waals surface area contributed by atoms with Crippen molar-refractivity contribution in [3.8, 4) is 17.7 Å². The van der Waals surface area contributed by atoms with E-state index in [-0.39, 0.29) is 33.2 Å². The maximum Gasteiger partial charge on any atom is 0.280 e. The summed E-state index contributed by atoms with van der Waals surface area (Å²) < 4.78 is 5.59. The van der Waals surface area contributed by atoms with Gasteiger partial charge in [0, 0.05) is 11.6 Å². The number of amides is 1. The van der Waals surface area contributed by atoms with E-state index in [1.54, 1.807) is 6.07 Å². The number of benzene rings is 1. The first-order valence-electron chi connectivity index (χ1n) is 7.53. The first-order chi connectivity index (χ1) is 12.7. The molecule has 0 atom stereocenters. The van der Waals surface area contributed by atoms with Crippen molar-refractivity contribution in [2.75, 3.05) is 5.43 Å². The number of nitriles is 1. The molecule has 0 unspecified atom stereocenters. The second-order valence-corrected chi connectivity index (χ2v) is 6.38. The van der Waals surface area contributed by atoms with E-state index in [9.17, 15) is 9.59 Å². The van der Waals surface area contributed by atoms with Crippen molar-refractivity contribution in [2.45, 2.75) is 19.8 Å². The smallest absolute Gasteiger partial charge is 0.280 e. The van der Waals surface area contributed by atoms with Crippen LogP contribution in [0.1, 0.15) is 25.3 Å². The molecule has 0 saturated carbocycles. The number of anilines is 1. The summed E-state index contributed by atoms with van der Waals surface area (Å²) in [6, 6.07) is 5.88. The van der Waals surface area contributed by atoms with E-state index in [0.717, 1.165) is 0 Å². The van der Waals surface area contributed by atoms with Crippen molar-refractivity contribution in [1.29, 1.82) is 5.26 Å². The summed E-state index contributed by atoms with van der Waals surface area (Å²) in [6.45, 7) is 3.72. The number of hydrazone groups is 1. The van der Waals surface area contributed by atoms with Gasteiger partial charge in [0.25, 0.3) is 11.5 Å². The molecule has 1 aromatic heterocycles. The summed E-state index contributed by atoms with van der Waals surface area (Å²) >= 11 is 12.4. The third kappa shape index (κ3) is 4.97. The number of ether oxygens (including phenoxy) is 1. The predicted molar refractivity (Wildman–Crippen MR) is 101 cm³/mol. The maximum atomic E-state index is 11.7. The summed E-state index contributed by atoms with van der Waals surface area (Å²) in [5, 5.41) is 18.7. The zero-order valence-electron chi connectivity index (χ0n) is 14.2. The number of primary amides is 1. The van der Waals surface area contributed by atoms with Crippen LogP contribution in [0, 0.1) is 11.3 Å². The van der Waals surface area contributed by atoms with Gasteiger partial charge in [-0.2, -0.15) is 10.4 Å². The number of nitrogens with one attached hydrogen (secondary N) is 2. The summed E-state index contributed by atoms with van der Waals surface area (Å²) in [5.74, 6) is -0.792. The molecule has 0 aliphatic heterocycles. The van der Waals surface area contributed by atoms with Crippen LogP contribution in [-0.2, 0) is 4.79 Å². The van der Waals surface area contributed by atoms with E-state index >= 15 is 0 Å². The predicted octanol–water partition coefficient (Wildman–Crippen LogP) is 2.77. The Hall–Kier alpha value is -3.09. The second-order valence-electron chi connectivity index (χ2n) is 5.56. The van der Waals surface area contributed by atoms with Crippen molar-refractivity contribution in [2.24, 2.45) is 10.8 Å². The van der Waals surface area contributed by atoms with Crippen LogP contribution in [0.3, 0.4) is 0 Å². The van der Waals surface area contributed by atoms with E-state index in [0.29, 0.717) is 11.3 Å². The quantitative estimate of drug-likeness (QED) is 0.494. The van der Waals surface area contributed by atoms with E-state index < -0.39 is 11.6 Å². The van der Waals surface area contributed by atoms with Gasteiger partial charge in [-0.3, -0.25) is 15.0 Å². The summed E-state index contributed by atoms with van der Waals surface area (Å²) in [7, 11) is 0. The Morgan fingerprint density at radius 3 is 2.52 bits per heavy atom. The Morgan fingerprint density at radius 1 is 1.37 bits per heavy atom. The molecule has 9 nitrogen and oxygen atoms in total. The molecule has 0 saturated heterocycles. The highest BCUT2D eigenvalue weighted by Gasteiger charge is 2.14. The van der Waals surface area contributed by atoms with Gasteiger partial charge in [0.2, 0.25) is 11.6 Å². The van der Waals surface area contributed by atoms with Gasteiger partial charge in [0.1, 0.15) is 6.07 Å². The van der Waals surface area contributed by atoms with Crippen LogP contribution in [0.15, 0.2) is 28.1 Å². The van der Waals surface area contributed by atoms with Crippen LogP contribution in [-0.4, -0.2) is 21.8 Å². The number of carbonyl (C=O) groups excluding carboxylic acids is 1. The lowest BCUT2D eigenvalue weighted by atomic mass is 10.1. The van der Waals surface area contributed by atoms with Crippen LogP contribution >= 0.6 is 23.2 Å². The molecule has 0 bridgehead atoms. The van der Waals surface area contributed by atoms with Gasteiger partial charge < -0.3 is 10.5 Å². The molecule has 0 aliphatic rings. The Labute approximate surface area is 163 Å². The standard InChI is InChI=1S/C16H14Cl2N6O3/c1-7(2)9-5-13(23-24-16(9)26)27-14-10(17)3-8(4-11(14)18)21-22-12(6-19)15(20)25/h3-5,7,21H,1-2H3,(H2,20,25)(H,24,26)/b22-12-. The largest absolute Gasteiger partial charge is 0.434 e. The van der Waals surface area contributed by atoms with Gasteiger partial charge >= 0.3 is 0 Å². The van der Waals surface area contributed by atoms with E-state index in [1.165, 1.54) is 18.2 Å². The molecule has 1 aromatic carbocycles. The SMILES string of the molecule is CC(C)c1cc(Oc2c(Cl)cc(N/N=C(/C#N)C(N)=O)cc2Cl)n[nH]c1=O. The number of aromatic nitrogens is 2. The molecule has 11 heteroatoms. The number of H-pyrrole nitrogens is 1. The average molecular weight is 409 g/mol. The van der Waals surface area contributed by atoms with Gasteiger partial charge in [0.05, 0.1) is 15.7 Å². The molecule has 2 aromatic rings. The molecule has 1 heterocycles. The van der Waals surface area contributed by atoms with Crippen molar-refractivity contribution in [1.82, 2.24) is 10.2 Å². The number of halogens is 2. The van der Waals surface area contributed by atoms with Crippen LogP contribution < -0.4 is 21.5 Å². The Morgan fingerprint density at radius 2 is 2.00 bits per heavy atom. The van der Waals surface area contributed by atoms with Gasteiger partial charge in [-0.1, -0.05) is 37.0 Å². The molecular formula is C16H14Cl2N6O3. The molecule has 140 valence electrons. The molecule has 2 rings (SSSR count). The van der Waals surface area contributed by atoms with Crippen molar-refractivity contribution in [3.63, 3.8) is 0 Å². The normalized spacial score (nSPS) is 11.2. The lowest BCUT2D eigenvalue weighted by molar-refractivity contribution is -0.111. The number of carbonyl (C=O) groups is 1. The lowest BCUT2D eigenvalue weighted by Crippen LogP contribution is -2.22. The number of hydrogen-bond acceptors (Lipinski definition) is 7. The van der Waals surface area contributed by atoms with E-state index in [2.05, 4.69) is 20.7 Å². The third-order valence-corrected chi connectivity index (χ3v) is 3.83. The van der Waals surface area contributed by atoms with Crippen LogP contribution in [0.4, 0.5) is 5.69 Å². The average Bonchev–Trinajstić information content (AvgIpc) is 2.59. The highest BCUT2D eigenvalue weighted by molar-refractivity contribution is 6.44. The summed E-state index contributed by atoms with van der Waals surface area (Å²) in [5.41, 5.74) is 7.41. The van der Waals surface area contributed by atoms with E-state index in [1.807, 2.05) is 13.8 Å². The zero-order chi connectivity index (χ0) is 20.1. The van der Waals surface area contributed by atoms with Gasteiger partial charge in [-0.15, -0.1) is 5.10 Å². The van der Waals surface area contributed by atoms with Gasteiger partial charge in [-0.05, 0) is 18.1 Å². The number of aromatic amines is 1. The lowest BCUT2D eigenvalue weighted by Gasteiger charge is -2.12. The molecule has 0 spiro atoms. The van der Waals surface area contributed by atoms with Crippen LogP contribution in [0.25, 0.3) is 0 Å². The van der Waals surface area contributed by atoms with Crippen molar-refractivity contribution >= 4 is 40.5 Å². The molecule has 0 radical (unpaired) electrons. The molecule has 0 fully saturated rings. The molecule has 0 aliphatic carbocycles. The fourth-order valence-electron chi connectivity index (χ4n) is 1.96. The van der Waals surface area contributed by atoms with Gasteiger partial charge in [0.15, 0.2) is 5.75 Å². The second kappa shape index (κ2) is 8.53. The van der Waals surface area contributed by atoms with Crippen molar-refractivity contribution < 1.29 is 9.53 Å². The molecule has 4 N–H and O–H groups in total. The highest BCUT2D eigenvalue weighted by Crippen LogP contribution is 2.38.